The van der Waals surface area contributed by atoms with Crippen molar-refractivity contribution in [1.82, 2.24) is 9.55 Å². The van der Waals surface area contributed by atoms with Crippen molar-refractivity contribution in [2.45, 2.75) is 0 Å². The van der Waals surface area contributed by atoms with E-state index in [9.17, 15) is 4.79 Å². The van der Waals surface area contributed by atoms with Crippen LogP contribution < -0.4 is 5.32 Å². The Labute approximate surface area is 72.7 Å². The van der Waals surface area contributed by atoms with Crippen LogP contribution in [0.15, 0.2) is 12.4 Å². The van der Waals surface area contributed by atoms with Gasteiger partial charge in [-0.2, -0.15) is 0 Å². The van der Waals surface area contributed by atoms with Crippen LogP contribution in [0.25, 0.3) is 0 Å². The monoisotopic (exact) mass is 217 g/mol. The van der Waals surface area contributed by atoms with E-state index in [2.05, 4.69) is 26.2 Å². The quantitative estimate of drug-likeness (QED) is 0.744. The van der Waals surface area contributed by atoms with Crippen molar-refractivity contribution in [3.8, 4) is 0 Å². The van der Waals surface area contributed by atoms with Gasteiger partial charge in [0.25, 0.3) is 0 Å². The minimum Gasteiger partial charge on any atom is -0.320 e. The van der Waals surface area contributed by atoms with Crippen LogP contribution in [-0.2, 0) is 11.8 Å². The molecule has 60 valence electrons. The molecule has 0 aromatic carbocycles. The normalized spacial score (nSPS) is 9.64. The fraction of sp³-hybridized carbons (Fsp3) is 0.333. The Morgan fingerprint density at radius 1 is 1.91 bits per heavy atom. The molecule has 0 atom stereocenters. The van der Waals surface area contributed by atoms with E-state index >= 15 is 0 Å². The zero-order chi connectivity index (χ0) is 8.27. The number of hydrogen-bond donors (Lipinski definition) is 1. The fourth-order valence-corrected chi connectivity index (χ4v) is 0.784. The van der Waals surface area contributed by atoms with Gasteiger partial charge < -0.3 is 4.57 Å². The van der Waals surface area contributed by atoms with Gasteiger partial charge in [-0.3, -0.25) is 10.1 Å². The Balaban J connectivity index is 2.64. The summed E-state index contributed by atoms with van der Waals surface area (Å²) in [5.41, 5.74) is 0. The summed E-state index contributed by atoms with van der Waals surface area (Å²) in [7, 11) is 1.82. The van der Waals surface area contributed by atoms with Crippen molar-refractivity contribution >= 4 is 27.8 Å². The van der Waals surface area contributed by atoms with Crippen molar-refractivity contribution in [2.75, 3.05) is 10.6 Å². The molecule has 11 heavy (non-hydrogen) atoms. The lowest BCUT2D eigenvalue weighted by molar-refractivity contribution is -0.113. The molecule has 0 saturated heterocycles. The van der Waals surface area contributed by atoms with Gasteiger partial charge in [-0.05, 0) is 0 Å². The molecule has 1 heterocycles. The number of halogens is 1. The number of amides is 1. The summed E-state index contributed by atoms with van der Waals surface area (Å²) in [6.45, 7) is 0. The average molecular weight is 218 g/mol. The zero-order valence-electron chi connectivity index (χ0n) is 6.04. The first-order valence-corrected chi connectivity index (χ1v) is 4.19. The summed E-state index contributed by atoms with van der Waals surface area (Å²) in [5.74, 6) is 0.466. The van der Waals surface area contributed by atoms with E-state index < -0.39 is 0 Å². The number of nitrogens with zero attached hydrogens (tertiary/aromatic N) is 2. The number of imidazole rings is 1. The summed E-state index contributed by atoms with van der Waals surface area (Å²) in [6.07, 6.45) is 3.40. The average Bonchev–Trinajstić information content (AvgIpc) is 2.37. The Hall–Kier alpha value is -0.840. The van der Waals surface area contributed by atoms with Crippen molar-refractivity contribution < 1.29 is 4.79 Å². The lowest BCUT2D eigenvalue weighted by Crippen LogP contribution is -2.15. The van der Waals surface area contributed by atoms with Gasteiger partial charge in [0.2, 0.25) is 11.9 Å². The minimum absolute atomic E-state index is 0.0979. The van der Waals surface area contributed by atoms with Crippen molar-refractivity contribution in [3.63, 3.8) is 0 Å². The molecule has 0 unspecified atom stereocenters. The van der Waals surface area contributed by atoms with E-state index in [1.807, 2.05) is 7.05 Å². The second-order valence-corrected chi connectivity index (χ2v) is 2.60. The number of aromatic nitrogens is 2. The van der Waals surface area contributed by atoms with Gasteiger partial charge in [0.15, 0.2) is 0 Å². The van der Waals surface area contributed by atoms with Crippen LogP contribution in [0.1, 0.15) is 0 Å². The zero-order valence-corrected chi connectivity index (χ0v) is 7.63. The van der Waals surface area contributed by atoms with Crippen LogP contribution >= 0.6 is 15.9 Å². The van der Waals surface area contributed by atoms with Crippen molar-refractivity contribution in [3.05, 3.63) is 12.4 Å². The second-order valence-electron chi connectivity index (χ2n) is 2.04. The van der Waals surface area contributed by atoms with Crippen molar-refractivity contribution in [2.24, 2.45) is 7.05 Å². The molecule has 0 aliphatic heterocycles. The number of anilines is 1. The molecular weight excluding hydrogens is 210 g/mol. The van der Waals surface area contributed by atoms with Gasteiger partial charge in [0.05, 0.1) is 5.33 Å². The molecule has 0 saturated carbocycles. The summed E-state index contributed by atoms with van der Waals surface area (Å²) in [4.78, 5) is 14.7. The summed E-state index contributed by atoms with van der Waals surface area (Å²) in [6, 6.07) is 0. The van der Waals surface area contributed by atoms with Gasteiger partial charge in [0.1, 0.15) is 0 Å². The Morgan fingerprint density at radius 3 is 3.09 bits per heavy atom. The van der Waals surface area contributed by atoms with E-state index in [4.69, 9.17) is 0 Å². The summed E-state index contributed by atoms with van der Waals surface area (Å²) in [5, 5.41) is 2.90. The molecule has 4 nitrogen and oxygen atoms in total. The third kappa shape index (κ3) is 2.04. The maximum absolute atomic E-state index is 10.8. The highest BCUT2D eigenvalue weighted by Gasteiger charge is 2.02. The molecule has 1 amide bonds. The highest BCUT2D eigenvalue weighted by molar-refractivity contribution is 9.09. The molecule has 0 radical (unpaired) electrons. The Morgan fingerprint density at radius 2 is 2.64 bits per heavy atom. The molecule has 0 fully saturated rings. The SMILES string of the molecule is Cn1ccnc1NC(=O)CBr. The van der Waals surface area contributed by atoms with Crippen LogP contribution in [0.4, 0.5) is 5.95 Å². The lowest BCUT2D eigenvalue weighted by Gasteiger charge is -2.00. The molecule has 1 aromatic rings. The van der Waals surface area contributed by atoms with Gasteiger partial charge in [0, 0.05) is 19.4 Å². The van der Waals surface area contributed by atoms with Gasteiger partial charge in [-0.25, -0.2) is 4.98 Å². The number of aryl methyl sites for hydroxylation is 1. The molecule has 0 spiro atoms. The first kappa shape index (κ1) is 8.26. The number of alkyl halides is 1. The van der Waals surface area contributed by atoms with Gasteiger partial charge in [-0.15, -0.1) is 0 Å². The van der Waals surface area contributed by atoms with Crippen LogP contribution in [0.5, 0.6) is 0 Å². The topological polar surface area (TPSA) is 46.9 Å². The number of carbonyl (C=O) groups excluding carboxylic acids is 1. The first-order valence-electron chi connectivity index (χ1n) is 3.07. The predicted molar refractivity (Wildman–Crippen MR) is 45.6 cm³/mol. The Bertz CT molecular complexity index is 258. The maximum atomic E-state index is 10.8. The Kier molecular flexibility index (Phi) is 2.64. The van der Waals surface area contributed by atoms with Gasteiger partial charge >= 0.3 is 0 Å². The number of carbonyl (C=O) groups is 1. The maximum Gasteiger partial charge on any atom is 0.237 e. The number of rotatable bonds is 2. The lowest BCUT2D eigenvalue weighted by atomic mass is 10.7. The first-order chi connectivity index (χ1) is 5.24. The molecule has 1 rings (SSSR count). The molecular formula is C6H8BrN3O. The van der Waals surface area contributed by atoms with E-state index in [-0.39, 0.29) is 5.91 Å². The number of nitrogens with one attached hydrogen (secondary N) is 1. The molecule has 0 aliphatic rings. The number of hydrogen-bond acceptors (Lipinski definition) is 2. The van der Waals surface area contributed by atoms with E-state index in [0.29, 0.717) is 11.3 Å². The summed E-state index contributed by atoms with van der Waals surface area (Å²) >= 11 is 3.04. The largest absolute Gasteiger partial charge is 0.320 e. The fourth-order valence-electron chi connectivity index (χ4n) is 0.644. The second kappa shape index (κ2) is 3.52. The minimum atomic E-state index is -0.0979. The third-order valence-electron chi connectivity index (χ3n) is 1.19. The van der Waals surface area contributed by atoms with Crippen LogP contribution in [-0.4, -0.2) is 20.8 Å². The third-order valence-corrected chi connectivity index (χ3v) is 1.70. The highest BCUT2D eigenvalue weighted by atomic mass is 79.9. The summed E-state index contributed by atoms with van der Waals surface area (Å²) < 4.78 is 1.74. The standard InChI is InChI=1S/C6H8BrN3O/c1-10-3-2-8-6(10)9-5(11)4-7/h2-3H,4H2,1H3,(H,8,9,11). The van der Waals surface area contributed by atoms with Crippen LogP contribution in [0.2, 0.25) is 0 Å². The molecule has 0 bridgehead atoms. The van der Waals surface area contributed by atoms with E-state index in [0.717, 1.165) is 0 Å². The highest BCUT2D eigenvalue weighted by Crippen LogP contribution is 2.00. The molecule has 1 aromatic heterocycles. The van der Waals surface area contributed by atoms with Crippen LogP contribution in [0, 0.1) is 0 Å². The van der Waals surface area contributed by atoms with Gasteiger partial charge in [-0.1, -0.05) is 15.9 Å². The predicted octanol–water partition coefficient (Wildman–Crippen LogP) is 0.753. The smallest absolute Gasteiger partial charge is 0.237 e. The molecule has 5 heteroatoms. The van der Waals surface area contributed by atoms with E-state index in [1.54, 1.807) is 17.0 Å². The molecule has 0 aliphatic carbocycles. The van der Waals surface area contributed by atoms with E-state index in [1.165, 1.54) is 0 Å². The van der Waals surface area contributed by atoms with Crippen LogP contribution in [0.3, 0.4) is 0 Å². The molecule has 1 N–H and O–H groups in total. The van der Waals surface area contributed by atoms with Crippen molar-refractivity contribution in [1.29, 1.82) is 0 Å².